The second-order valence-corrected chi connectivity index (χ2v) is 5.10. The van der Waals surface area contributed by atoms with Crippen LogP contribution in [0.25, 0.3) is 0 Å². The zero-order chi connectivity index (χ0) is 12.1. The van der Waals surface area contributed by atoms with Crippen molar-refractivity contribution in [2.45, 2.75) is 64.5 Å². The molecule has 17 heavy (non-hydrogen) atoms. The maximum Gasteiger partial charge on any atom is 0.0782 e. The molecule has 1 atom stereocenters. The summed E-state index contributed by atoms with van der Waals surface area (Å²) in [4.78, 5) is 8.75. The lowest BCUT2D eigenvalue weighted by Crippen LogP contribution is -2.32. The second-order valence-electron chi connectivity index (χ2n) is 5.10. The highest BCUT2D eigenvalue weighted by Gasteiger charge is 2.17. The average molecular weight is 233 g/mol. The number of hydrogen-bond acceptors (Lipinski definition) is 3. The maximum absolute atomic E-state index is 4.44. The number of aromatic nitrogens is 2. The van der Waals surface area contributed by atoms with Crippen LogP contribution in [0.5, 0.6) is 0 Å². The van der Waals surface area contributed by atoms with Crippen molar-refractivity contribution in [2.75, 3.05) is 0 Å². The van der Waals surface area contributed by atoms with Gasteiger partial charge in [-0.25, -0.2) is 0 Å². The molecule has 0 radical (unpaired) electrons. The second kappa shape index (κ2) is 6.10. The van der Waals surface area contributed by atoms with Gasteiger partial charge in [0.25, 0.3) is 0 Å². The van der Waals surface area contributed by atoms with E-state index >= 15 is 0 Å². The molecule has 2 rings (SSSR count). The van der Waals surface area contributed by atoms with Crippen molar-refractivity contribution in [2.24, 2.45) is 0 Å². The van der Waals surface area contributed by atoms with Crippen LogP contribution in [0.4, 0.5) is 0 Å². The normalized spacial score (nSPS) is 19.9. The average Bonchev–Trinajstić information content (AvgIpc) is 2.58. The van der Waals surface area contributed by atoms with Crippen molar-refractivity contribution in [3.05, 3.63) is 23.8 Å². The van der Waals surface area contributed by atoms with Gasteiger partial charge in [-0.3, -0.25) is 9.97 Å². The number of rotatable bonds is 3. The van der Waals surface area contributed by atoms with Crippen LogP contribution in [-0.2, 0) is 0 Å². The van der Waals surface area contributed by atoms with E-state index in [9.17, 15) is 0 Å². The Hall–Kier alpha value is -0.960. The molecule has 0 aliphatic heterocycles. The summed E-state index contributed by atoms with van der Waals surface area (Å²) >= 11 is 0. The topological polar surface area (TPSA) is 37.8 Å². The Kier molecular flexibility index (Phi) is 4.49. The van der Waals surface area contributed by atoms with Crippen LogP contribution < -0.4 is 5.32 Å². The van der Waals surface area contributed by atoms with E-state index in [1.54, 1.807) is 12.4 Å². The molecule has 94 valence electrons. The number of nitrogens with one attached hydrogen (secondary N) is 1. The van der Waals surface area contributed by atoms with E-state index < -0.39 is 0 Å². The molecule has 0 aromatic carbocycles. The van der Waals surface area contributed by atoms with E-state index in [0.29, 0.717) is 12.1 Å². The first-order chi connectivity index (χ1) is 8.27. The molecule has 1 aromatic rings. The van der Waals surface area contributed by atoms with Crippen molar-refractivity contribution in [3.63, 3.8) is 0 Å². The van der Waals surface area contributed by atoms with Crippen LogP contribution in [0.1, 0.15) is 62.9 Å². The molecule has 1 unspecified atom stereocenters. The highest BCUT2D eigenvalue weighted by molar-refractivity contribution is 5.12. The molecule has 1 aliphatic carbocycles. The van der Waals surface area contributed by atoms with Gasteiger partial charge in [-0.05, 0) is 26.7 Å². The minimum atomic E-state index is 0.312. The van der Waals surface area contributed by atoms with Gasteiger partial charge in [-0.1, -0.05) is 25.7 Å². The molecular weight excluding hydrogens is 210 g/mol. The molecule has 1 saturated carbocycles. The van der Waals surface area contributed by atoms with Gasteiger partial charge < -0.3 is 5.32 Å². The van der Waals surface area contributed by atoms with Gasteiger partial charge in [-0.15, -0.1) is 0 Å². The van der Waals surface area contributed by atoms with Gasteiger partial charge in [0, 0.05) is 24.5 Å². The minimum absolute atomic E-state index is 0.312. The lowest BCUT2D eigenvalue weighted by Gasteiger charge is -2.22. The molecular formula is C14H23N3. The van der Waals surface area contributed by atoms with Gasteiger partial charge in [0.2, 0.25) is 0 Å². The predicted octanol–water partition coefficient (Wildman–Crippen LogP) is 3.16. The standard InChI is InChI=1S/C14H23N3/c1-11-14(16-10-9-15-11)12(2)17-13-7-5-3-4-6-8-13/h9-10,12-13,17H,3-8H2,1-2H3. The summed E-state index contributed by atoms with van der Waals surface area (Å²) in [5.41, 5.74) is 2.14. The Labute approximate surface area is 104 Å². The molecule has 1 aromatic heterocycles. The van der Waals surface area contributed by atoms with Crippen LogP contribution in [0, 0.1) is 6.92 Å². The van der Waals surface area contributed by atoms with Crippen LogP contribution in [0.2, 0.25) is 0 Å². The quantitative estimate of drug-likeness (QED) is 0.815. The monoisotopic (exact) mass is 233 g/mol. The molecule has 0 saturated heterocycles. The highest BCUT2D eigenvalue weighted by Crippen LogP contribution is 2.20. The summed E-state index contributed by atoms with van der Waals surface area (Å²) in [5.74, 6) is 0. The van der Waals surface area contributed by atoms with Crippen molar-refractivity contribution >= 4 is 0 Å². The Morgan fingerprint density at radius 1 is 1.12 bits per heavy atom. The van der Waals surface area contributed by atoms with Crippen molar-refractivity contribution in [3.8, 4) is 0 Å². The third-order valence-corrected chi connectivity index (χ3v) is 3.67. The van der Waals surface area contributed by atoms with Gasteiger partial charge in [-0.2, -0.15) is 0 Å². The molecule has 0 amide bonds. The van der Waals surface area contributed by atoms with Gasteiger partial charge in [0.15, 0.2) is 0 Å². The Morgan fingerprint density at radius 3 is 2.41 bits per heavy atom. The van der Waals surface area contributed by atoms with Gasteiger partial charge in [0.05, 0.1) is 11.4 Å². The predicted molar refractivity (Wildman–Crippen MR) is 69.8 cm³/mol. The minimum Gasteiger partial charge on any atom is -0.306 e. The zero-order valence-corrected chi connectivity index (χ0v) is 10.9. The first kappa shape index (κ1) is 12.5. The number of nitrogens with zero attached hydrogens (tertiary/aromatic N) is 2. The molecule has 3 heteroatoms. The summed E-state index contributed by atoms with van der Waals surface area (Å²) in [6.45, 7) is 4.23. The molecule has 1 heterocycles. The molecule has 0 bridgehead atoms. The van der Waals surface area contributed by atoms with Crippen molar-refractivity contribution in [1.82, 2.24) is 15.3 Å². The van der Waals surface area contributed by atoms with Crippen molar-refractivity contribution in [1.29, 1.82) is 0 Å². The fraction of sp³-hybridized carbons (Fsp3) is 0.714. The third-order valence-electron chi connectivity index (χ3n) is 3.67. The highest BCUT2D eigenvalue weighted by atomic mass is 15.0. The molecule has 1 aliphatic rings. The van der Waals surface area contributed by atoms with Crippen LogP contribution in [-0.4, -0.2) is 16.0 Å². The Morgan fingerprint density at radius 2 is 1.76 bits per heavy atom. The van der Waals surface area contributed by atoms with Gasteiger partial charge in [0.1, 0.15) is 0 Å². The van der Waals surface area contributed by atoms with E-state index in [2.05, 4.69) is 22.2 Å². The summed E-state index contributed by atoms with van der Waals surface area (Å²) in [5, 5.41) is 3.71. The zero-order valence-electron chi connectivity index (χ0n) is 10.9. The fourth-order valence-corrected chi connectivity index (χ4v) is 2.72. The van der Waals surface area contributed by atoms with E-state index in [1.165, 1.54) is 38.5 Å². The summed E-state index contributed by atoms with van der Waals surface area (Å²) in [6.07, 6.45) is 11.7. The molecule has 1 fully saturated rings. The third kappa shape index (κ3) is 3.50. The van der Waals surface area contributed by atoms with Crippen molar-refractivity contribution < 1.29 is 0 Å². The Bertz CT molecular complexity index is 343. The van der Waals surface area contributed by atoms with E-state index in [1.807, 2.05) is 6.92 Å². The fourth-order valence-electron chi connectivity index (χ4n) is 2.72. The summed E-state index contributed by atoms with van der Waals surface area (Å²) in [7, 11) is 0. The summed E-state index contributed by atoms with van der Waals surface area (Å²) < 4.78 is 0. The van der Waals surface area contributed by atoms with Crippen LogP contribution in [0.3, 0.4) is 0 Å². The smallest absolute Gasteiger partial charge is 0.0782 e. The SMILES string of the molecule is Cc1nccnc1C(C)NC1CCCCCC1. The first-order valence-electron chi connectivity index (χ1n) is 6.81. The molecule has 1 N–H and O–H groups in total. The van der Waals surface area contributed by atoms with E-state index in [-0.39, 0.29) is 0 Å². The lowest BCUT2D eigenvalue weighted by atomic mass is 10.1. The molecule has 3 nitrogen and oxygen atoms in total. The van der Waals surface area contributed by atoms with Crippen LogP contribution >= 0.6 is 0 Å². The Balaban J connectivity index is 1.96. The molecule has 0 spiro atoms. The largest absolute Gasteiger partial charge is 0.306 e. The summed E-state index contributed by atoms with van der Waals surface area (Å²) in [6, 6.07) is 0.973. The van der Waals surface area contributed by atoms with E-state index in [4.69, 9.17) is 0 Å². The lowest BCUT2D eigenvalue weighted by molar-refractivity contribution is 0.408. The number of hydrogen-bond donors (Lipinski definition) is 1. The number of aryl methyl sites for hydroxylation is 1. The maximum atomic E-state index is 4.44. The first-order valence-corrected chi connectivity index (χ1v) is 6.81. The van der Waals surface area contributed by atoms with Crippen LogP contribution in [0.15, 0.2) is 12.4 Å². The van der Waals surface area contributed by atoms with Gasteiger partial charge >= 0.3 is 0 Å². The van der Waals surface area contributed by atoms with E-state index in [0.717, 1.165) is 11.4 Å².